The van der Waals surface area contributed by atoms with Gasteiger partial charge in [-0.1, -0.05) is 23.7 Å². The van der Waals surface area contributed by atoms with Crippen molar-refractivity contribution in [1.82, 2.24) is 4.98 Å². The van der Waals surface area contributed by atoms with Crippen LogP contribution in [0.15, 0.2) is 36.5 Å². The maximum atomic E-state index is 12.3. The number of anilines is 2. The largest absolute Gasteiger partial charge is 0.385 e. The molecule has 6 nitrogen and oxygen atoms in total. The van der Waals surface area contributed by atoms with Crippen LogP contribution in [-0.4, -0.2) is 43.4 Å². The quantitative estimate of drug-likeness (QED) is 0.733. The lowest BCUT2D eigenvalue weighted by molar-refractivity contribution is -0.124. The molecule has 1 atom stereocenters. The minimum atomic E-state index is -0.395. The van der Waals surface area contributed by atoms with Gasteiger partial charge in [0.15, 0.2) is 0 Å². The van der Waals surface area contributed by atoms with Crippen molar-refractivity contribution in [2.75, 3.05) is 37.0 Å². The number of pyridine rings is 1. The second-order valence-corrected chi connectivity index (χ2v) is 7.96. The van der Waals surface area contributed by atoms with Gasteiger partial charge in [0, 0.05) is 43.8 Å². The van der Waals surface area contributed by atoms with Gasteiger partial charge in [0.1, 0.15) is 11.9 Å². The van der Waals surface area contributed by atoms with E-state index in [-0.39, 0.29) is 5.91 Å². The first-order valence-electron chi connectivity index (χ1n) is 10.2. The van der Waals surface area contributed by atoms with Crippen LogP contribution >= 0.6 is 11.6 Å². The summed E-state index contributed by atoms with van der Waals surface area (Å²) in [6.07, 6.45) is 5.02. The summed E-state index contributed by atoms with van der Waals surface area (Å²) in [4.78, 5) is 16.6. The van der Waals surface area contributed by atoms with E-state index < -0.39 is 6.10 Å². The van der Waals surface area contributed by atoms with E-state index in [2.05, 4.69) is 27.8 Å². The molecule has 154 valence electrons. The van der Waals surface area contributed by atoms with Crippen LogP contribution in [0.4, 0.5) is 11.5 Å². The van der Waals surface area contributed by atoms with Crippen LogP contribution in [0.5, 0.6) is 0 Å². The van der Waals surface area contributed by atoms with Crippen LogP contribution in [0.2, 0.25) is 5.02 Å². The van der Waals surface area contributed by atoms with Crippen molar-refractivity contribution in [2.24, 2.45) is 5.92 Å². The molecule has 2 fully saturated rings. The number of ether oxygens (including phenoxy) is 2. The predicted molar refractivity (Wildman–Crippen MR) is 114 cm³/mol. The number of benzene rings is 1. The van der Waals surface area contributed by atoms with Gasteiger partial charge in [-0.25, -0.2) is 4.98 Å². The summed E-state index contributed by atoms with van der Waals surface area (Å²) >= 11 is 6.41. The SMILES string of the molecule is O=C(Nc1cc(-c2cccc(NCC3CCOCC3)c2)c(Cl)cn1)[C@@H]1CCCO1. The molecule has 1 aromatic carbocycles. The number of hydrogen-bond donors (Lipinski definition) is 2. The third-order valence-electron chi connectivity index (χ3n) is 5.44. The summed E-state index contributed by atoms with van der Waals surface area (Å²) in [5.74, 6) is 0.956. The summed E-state index contributed by atoms with van der Waals surface area (Å²) in [7, 11) is 0. The summed E-state index contributed by atoms with van der Waals surface area (Å²) < 4.78 is 10.9. The zero-order valence-electron chi connectivity index (χ0n) is 16.3. The summed E-state index contributed by atoms with van der Waals surface area (Å²) in [6.45, 7) is 3.25. The van der Waals surface area contributed by atoms with Crippen LogP contribution in [0.1, 0.15) is 25.7 Å². The van der Waals surface area contributed by atoms with Gasteiger partial charge < -0.3 is 20.1 Å². The number of carbonyl (C=O) groups is 1. The third-order valence-corrected chi connectivity index (χ3v) is 5.74. The molecule has 2 aromatic rings. The Morgan fingerprint density at radius 2 is 2.03 bits per heavy atom. The fourth-order valence-corrected chi connectivity index (χ4v) is 3.94. The highest BCUT2D eigenvalue weighted by Crippen LogP contribution is 2.31. The van der Waals surface area contributed by atoms with Crippen molar-refractivity contribution in [1.29, 1.82) is 0 Å². The lowest BCUT2D eigenvalue weighted by atomic mass is 10.00. The maximum Gasteiger partial charge on any atom is 0.254 e. The first-order chi connectivity index (χ1) is 14.2. The lowest BCUT2D eigenvalue weighted by Gasteiger charge is -2.22. The monoisotopic (exact) mass is 415 g/mol. The van der Waals surface area contributed by atoms with Gasteiger partial charge in [0.05, 0.1) is 5.02 Å². The Bertz CT molecular complexity index is 849. The Hall–Kier alpha value is -2.15. The highest BCUT2D eigenvalue weighted by molar-refractivity contribution is 6.33. The Morgan fingerprint density at radius 1 is 1.17 bits per heavy atom. The Morgan fingerprint density at radius 3 is 2.83 bits per heavy atom. The number of halogens is 1. The summed E-state index contributed by atoms with van der Waals surface area (Å²) in [5.41, 5.74) is 2.85. The molecule has 4 rings (SSSR count). The molecule has 7 heteroatoms. The fourth-order valence-electron chi connectivity index (χ4n) is 3.73. The second kappa shape index (κ2) is 9.57. The molecule has 0 aliphatic carbocycles. The minimum Gasteiger partial charge on any atom is -0.385 e. The molecule has 0 spiro atoms. The van der Waals surface area contributed by atoms with Crippen molar-refractivity contribution in [2.45, 2.75) is 31.8 Å². The molecule has 2 aliphatic rings. The number of amides is 1. The second-order valence-electron chi connectivity index (χ2n) is 7.56. The van der Waals surface area contributed by atoms with Crippen molar-refractivity contribution in [3.8, 4) is 11.1 Å². The van der Waals surface area contributed by atoms with Crippen LogP contribution in [0.3, 0.4) is 0 Å². The molecular formula is C22H26ClN3O3. The molecular weight excluding hydrogens is 390 g/mol. The van der Waals surface area contributed by atoms with Crippen molar-refractivity contribution in [3.05, 3.63) is 41.6 Å². The number of nitrogens with one attached hydrogen (secondary N) is 2. The van der Waals surface area contributed by atoms with Gasteiger partial charge in [-0.2, -0.15) is 0 Å². The summed E-state index contributed by atoms with van der Waals surface area (Å²) in [5, 5.41) is 6.91. The van der Waals surface area contributed by atoms with Crippen LogP contribution in [0.25, 0.3) is 11.1 Å². The van der Waals surface area contributed by atoms with Gasteiger partial charge in [-0.3, -0.25) is 4.79 Å². The topological polar surface area (TPSA) is 72.5 Å². The average molecular weight is 416 g/mol. The minimum absolute atomic E-state index is 0.157. The first-order valence-corrected chi connectivity index (χ1v) is 10.6. The highest BCUT2D eigenvalue weighted by Gasteiger charge is 2.24. The molecule has 3 heterocycles. The van der Waals surface area contributed by atoms with Crippen LogP contribution in [0, 0.1) is 5.92 Å². The first kappa shape index (κ1) is 20.1. The smallest absolute Gasteiger partial charge is 0.254 e. The Balaban J connectivity index is 1.46. The van der Waals surface area contributed by atoms with Gasteiger partial charge >= 0.3 is 0 Å². The van der Waals surface area contributed by atoms with E-state index in [0.29, 0.717) is 23.4 Å². The number of carbonyl (C=O) groups excluding carboxylic acids is 1. The predicted octanol–water partition coefficient (Wildman–Crippen LogP) is 4.36. The molecule has 2 saturated heterocycles. The van der Waals surface area contributed by atoms with Crippen LogP contribution < -0.4 is 10.6 Å². The average Bonchev–Trinajstić information content (AvgIpc) is 3.30. The van der Waals surface area contributed by atoms with Gasteiger partial charge in [-0.05, 0) is 55.4 Å². The number of hydrogen-bond acceptors (Lipinski definition) is 5. The normalized spacial score (nSPS) is 19.8. The van der Waals surface area contributed by atoms with Crippen LogP contribution in [-0.2, 0) is 14.3 Å². The molecule has 2 N–H and O–H groups in total. The van der Waals surface area contributed by atoms with Gasteiger partial charge in [0.25, 0.3) is 5.91 Å². The fraction of sp³-hybridized carbons (Fsp3) is 0.455. The van der Waals surface area contributed by atoms with E-state index in [1.54, 1.807) is 6.20 Å². The maximum absolute atomic E-state index is 12.3. The standard InChI is InChI=1S/C22H26ClN3O3/c23-19-14-25-21(26-22(27)20-5-2-8-29-20)12-18(19)16-3-1-4-17(11-16)24-13-15-6-9-28-10-7-15/h1,3-4,11-12,14-15,20,24H,2,5-10,13H2,(H,25,26,27)/t20-/m0/s1. The molecule has 0 unspecified atom stereocenters. The van der Waals surface area contributed by atoms with Gasteiger partial charge in [0.2, 0.25) is 0 Å². The number of rotatable bonds is 6. The molecule has 29 heavy (non-hydrogen) atoms. The molecule has 0 radical (unpaired) electrons. The number of nitrogens with zero attached hydrogens (tertiary/aromatic N) is 1. The Labute approximate surface area is 176 Å². The van der Waals surface area contributed by atoms with E-state index >= 15 is 0 Å². The zero-order valence-corrected chi connectivity index (χ0v) is 17.1. The van der Waals surface area contributed by atoms with Crippen molar-refractivity contribution >= 4 is 29.0 Å². The van der Waals surface area contributed by atoms with E-state index in [9.17, 15) is 4.79 Å². The lowest BCUT2D eigenvalue weighted by Crippen LogP contribution is -2.27. The van der Waals surface area contributed by atoms with E-state index in [4.69, 9.17) is 21.1 Å². The van der Waals surface area contributed by atoms with E-state index in [1.165, 1.54) is 0 Å². The zero-order chi connectivity index (χ0) is 20.1. The van der Waals surface area contributed by atoms with Crippen molar-refractivity contribution in [3.63, 3.8) is 0 Å². The van der Waals surface area contributed by atoms with E-state index in [0.717, 1.165) is 62.3 Å². The molecule has 0 saturated carbocycles. The summed E-state index contributed by atoms with van der Waals surface area (Å²) in [6, 6.07) is 9.95. The molecule has 2 aliphatic heterocycles. The highest BCUT2D eigenvalue weighted by atomic mass is 35.5. The van der Waals surface area contributed by atoms with E-state index in [1.807, 2.05) is 18.2 Å². The molecule has 1 aromatic heterocycles. The third kappa shape index (κ3) is 5.26. The van der Waals surface area contributed by atoms with Crippen molar-refractivity contribution < 1.29 is 14.3 Å². The number of aromatic nitrogens is 1. The Kier molecular flexibility index (Phi) is 6.64. The molecule has 0 bridgehead atoms. The van der Waals surface area contributed by atoms with Gasteiger partial charge in [-0.15, -0.1) is 0 Å². The molecule has 1 amide bonds.